The number of carbonyl (C=O) groups is 2. The molecule has 0 aromatic heterocycles. The van der Waals surface area contributed by atoms with Crippen LogP contribution < -0.4 is 10.6 Å². The zero-order chi connectivity index (χ0) is 33.5. The summed E-state index contributed by atoms with van der Waals surface area (Å²) in [6, 6.07) is 3.60. The van der Waals surface area contributed by atoms with E-state index in [-0.39, 0.29) is 16.9 Å². The van der Waals surface area contributed by atoms with E-state index < -0.39 is 76.3 Å². The van der Waals surface area contributed by atoms with Gasteiger partial charge in [-0.2, -0.15) is 39.5 Å². The maximum absolute atomic E-state index is 14.2. The van der Waals surface area contributed by atoms with E-state index in [1.807, 2.05) is 0 Å². The van der Waals surface area contributed by atoms with Crippen molar-refractivity contribution in [3.8, 4) is 11.1 Å². The molecule has 0 spiro atoms. The van der Waals surface area contributed by atoms with Gasteiger partial charge in [0.1, 0.15) is 12.1 Å². The highest BCUT2D eigenvalue weighted by Gasteiger charge is 2.77. The van der Waals surface area contributed by atoms with E-state index in [1.54, 1.807) is 5.32 Å². The first-order chi connectivity index (χ1) is 20.0. The third-order valence-corrected chi connectivity index (χ3v) is 7.99. The highest BCUT2D eigenvalue weighted by molar-refractivity contribution is 7.90. The molecule has 1 saturated heterocycles. The number of nitrogens with one attached hydrogen (secondary N) is 2. The molecule has 244 valence electrons. The second kappa shape index (κ2) is 12.2. The first-order valence-corrected chi connectivity index (χ1v) is 14.8. The van der Waals surface area contributed by atoms with Gasteiger partial charge in [0.15, 0.2) is 9.84 Å². The summed E-state index contributed by atoms with van der Waals surface area (Å²) in [5, 5.41) is 3.80. The van der Waals surface area contributed by atoms with E-state index in [1.165, 1.54) is 50.2 Å². The second-order valence-electron chi connectivity index (χ2n) is 10.8. The molecule has 0 aliphatic carbocycles. The molecule has 0 radical (unpaired) electrons. The normalized spacial score (nSPS) is 19.0. The van der Waals surface area contributed by atoms with E-state index >= 15 is 0 Å². The first-order valence-electron chi connectivity index (χ1n) is 12.9. The van der Waals surface area contributed by atoms with Crippen LogP contribution in [-0.4, -0.2) is 62.8 Å². The number of rotatable bonds is 9. The van der Waals surface area contributed by atoms with Gasteiger partial charge in [-0.25, -0.2) is 13.2 Å². The zero-order valence-electron chi connectivity index (χ0n) is 23.2. The van der Waals surface area contributed by atoms with Crippen molar-refractivity contribution < 1.29 is 62.3 Å². The predicted octanol–water partition coefficient (Wildman–Crippen LogP) is 5.66. The molecule has 3 rings (SSSR count). The standard InChI is InChI=1S/C27H27F9N2O5S/c1-14(2)12-19(22(39)38-20-13-24(26(31,32)33,27(34,35)36)43-23(20)40)37-21(25(28,29)30)17-6-4-15(5-7-17)16-8-10-18(11-9-16)44(3,41)42/h4-11,14,19-21,37H,12-13H2,1-3H3,(H,38,39). The van der Waals surface area contributed by atoms with Crippen molar-refractivity contribution in [2.75, 3.05) is 6.26 Å². The summed E-state index contributed by atoms with van der Waals surface area (Å²) in [7, 11) is -3.48. The summed E-state index contributed by atoms with van der Waals surface area (Å²) in [5.41, 5.74) is -4.38. The molecule has 1 fully saturated rings. The Bertz CT molecular complexity index is 1440. The van der Waals surface area contributed by atoms with Crippen LogP contribution in [0.25, 0.3) is 11.1 Å². The summed E-state index contributed by atoms with van der Waals surface area (Å²) in [6.07, 6.45) is -18.6. The Kier molecular flexibility index (Phi) is 9.76. The van der Waals surface area contributed by atoms with Crippen molar-refractivity contribution in [3.63, 3.8) is 0 Å². The molecule has 17 heteroatoms. The van der Waals surface area contributed by atoms with Gasteiger partial charge in [-0.3, -0.25) is 10.1 Å². The van der Waals surface area contributed by atoms with E-state index in [9.17, 15) is 57.5 Å². The quantitative estimate of drug-likeness (QED) is 0.266. The number of sulfone groups is 1. The molecule has 0 bridgehead atoms. The van der Waals surface area contributed by atoms with Crippen molar-refractivity contribution >= 4 is 21.7 Å². The molecule has 2 N–H and O–H groups in total. The van der Waals surface area contributed by atoms with Crippen molar-refractivity contribution in [1.29, 1.82) is 0 Å². The van der Waals surface area contributed by atoms with Gasteiger partial charge in [0.2, 0.25) is 5.91 Å². The summed E-state index contributed by atoms with van der Waals surface area (Å²) < 4.78 is 150. The number of carbonyl (C=O) groups excluding carboxylic acids is 2. The van der Waals surface area contributed by atoms with Crippen LogP contribution in [0.3, 0.4) is 0 Å². The van der Waals surface area contributed by atoms with Crippen LogP contribution >= 0.6 is 0 Å². The lowest BCUT2D eigenvalue weighted by molar-refractivity contribution is -0.361. The van der Waals surface area contributed by atoms with Crippen LogP contribution in [-0.2, 0) is 24.2 Å². The topological polar surface area (TPSA) is 102 Å². The molecular weight excluding hydrogens is 635 g/mol. The maximum Gasteiger partial charge on any atom is 0.437 e. The number of hydrogen-bond donors (Lipinski definition) is 2. The van der Waals surface area contributed by atoms with Crippen LogP contribution in [0.15, 0.2) is 53.4 Å². The molecule has 0 saturated carbocycles. The predicted molar refractivity (Wildman–Crippen MR) is 138 cm³/mol. The van der Waals surface area contributed by atoms with Crippen LogP contribution in [0.1, 0.15) is 38.3 Å². The minimum Gasteiger partial charge on any atom is -0.438 e. The molecule has 1 aliphatic rings. The van der Waals surface area contributed by atoms with Crippen molar-refractivity contribution in [1.82, 2.24) is 10.6 Å². The smallest absolute Gasteiger partial charge is 0.437 e. The Morgan fingerprint density at radius 1 is 0.909 bits per heavy atom. The number of amides is 1. The lowest BCUT2D eigenvalue weighted by atomic mass is 9.95. The number of cyclic esters (lactones) is 1. The third kappa shape index (κ3) is 7.65. The largest absolute Gasteiger partial charge is 0.438 e. The van der Waals surface area contributed by atoms with Crippen molar-refractivity contribution in [2.45, 2.75) is 73.8 Å². The first kappa shape index (κ1) is 35.1. The highest BCUT2D eigenvalue weighted by Crippen LogP contribution is 2.51. The maximum atomic E-state index is 14.2. The van der Waals surface area contributed by atoms with Crippen LogP contribution in [0, 0.1) is 5.92 Å². The fourth-order valence-corrected chi connectivity index (χ4v) is 5.24. The number of halogens is 9. The van der Waals surface area contributed by atoms with Gasteiger partial charge >= 0.3 is 30.1 Å². The van der Waals surface area contributed by atoms with Gasteiger partial charge < -0.3 is 10.1 Å². The lowest BCUT2D eigenvalue weighted by Crippen LogP contribution is -2.57. The lowest BCUT2D eigenvalue weighted by Gasteiger charge is -2.31. The van der Waals surface area contributed by atoms with E-state index in [4.69, 9.17) is 0 Å². The minimum absolute atomic E-state index is 0.0297. The second-order valence-corrected chi connectivity index (χ2v) is 12.8. The van der Waals surface area contributed by atoms with Gasteiger partial charge in [0.25, 0.3) is 0 Å². The Morgan fingerprint density at radius 2 is 1.39 bits per heavy atom. The molecule has 2 aromatic rings. The van der Waals surface area contributed by atoms with Gasteiger partial charge in [-0.05, 0) is 41.2 Å². The Balaban J connectivity index is 1.86. The molecule has 3 atom stereocenters. The van der Waals surface area contributed by atoms with Crippen molar-refractivity contribution in [2.24, 2.45) is 5.92 Å². The van der Waals surface area contributed by atoms with E-state index in [0.717, 1.165) is 18.4 Å². The zero-order valence-corrected chi connectivity index (χ0v) is 24.0. The fraction of sp³-hybridized carbons (Fsp3) is 0.481. The van der Waals surface area contributed by atoms with Gasteiger partial charge in [-0.15, -0.1) is 0 Å². The number of ether oxygens (including phenoxy) is 1. The number of esters is 1. The number of hydrogen-bond acceptors (Lipinski definition) is 6. The molecular formula is C27H27F9N2O5S. The Labute approximate surface area is 246 Å². The minimum atomic E-state index is -6.08. The van der Waals surface area contributed by atoms with Crippen LogP contribution in [0.2, 0.25) is 0 Å². The SMILES string of the molecule is CC(C)CC(NC(c1ccc(-c2ccc(S(C)(=O)=O)cc2)cc1)C(F)(F)F)C(=O)NC1CC(C(F)(F)F)(C(F)(F)F)OC1=O. The summed E-state index contributed by atoms with van der Waals surface area (Å²) in [5.74, 6) is -3.95. The van der Waals surface area contributed by atoms with E-state index in [2.05, 4.69) is 10.1 Å². The average molecular weight is 663 g/mol. The number of alkyl halides is 9. The highest BCUT2D eigenvalue weighted by atomic mass is 32.2. The van der Waals surface area contributed by atoms with Crippen molar-refractivity contribution in [3.05, 3.63) is 54.1 Å². The molecule has 1 amide bonds. The Hall–Kier alpha value is -3.34. The van der Waals surface area contributed by atoms with Gasteiger partial charge in [-0.1, -0.05) is 50.2 Å². The van der Waals surface area contributed by atoms with Gasteiger partial charge in [0.05, 0.1) is 10.9 Å². The molecule has 7 nitrogen and oxygen atoms in total. The fourth-order valence-electron chi connectivity index (χ4n) is 4.61. The van der Waals surface area contributed by atoms with E-state index in [0.29, 0.717) is 11.1 Å². The summed E-state index contributed by atoms with van der Waals surface area (Å²) in [6.45, 7) is 3.02. The number of benzene rings is 2. The average Bonchev–Trinajstić information content (AvgIpc) is 3.23. The molecule has 1 heterocycles. The molecule has 3 unspecified atom stereocenters. The molecule has 2 aromatic carbocycles. The molecule has 1 aliphatic heterocycles. The Morgan fingerprint density at radius 3 is 1.77 bits per heavy atom. The molecule has 44 heavy (non-hydrogen) atoms. The van der Waals surface area contributed by atoms with Gasteiger partial charge in [0, 0.05) is 12.7 Å². The third-order valence-electron chi connectivity index (χ3n) is 6.86. The summed E-state index contributed by atoms with van der Waals surface area (Å²) >= 11 is 0. The van der Waals surface area contributed by atoms with Crippen LogP contribution in [0.5, 0.6) is 0 Å². The van der Waals surface area contributed by atoms with Crippen LogP contribution in [0.4, 0.5) is 39.5 Å². The monoisotopic (exact) mass is 662 g/mol. The summed E-state index contributed by atoms with van der Waals surface area (Å²) in [4.78, 5) is 25.0.